The molecule has 0 aromatic rings. The fraction of sp³-hybridized carbons (Fsp3) is 0.840. The van der Waals surface area contributed by atoms with Crippen LogP contribution in [0.4, 0.5) is 0 Å². The summed E-state index contributed by atoms with van der Waals surface area (Å²) in [5.74, 6) is 2.33. The molecule has 1 heterocycles. The molecule has 0 aromatic heterocycles. The van der Waals surface area contributed by atoms with Crippen molar-refractivity contribution in [2.75, 3.05) is 19.7 Å². The number of esters is 1. The zero-order chi connectivity index (χ0) is 21.6. The summed E-state index contributed by atoms with van der Waals surface area (Å²) in [6, 6.07) is 0. The number of hydrogen-bond acceptors (Lipinski definition) is 6. The smallest absolute Gasteiger partial charge is 0.302 e. The minimum absolute atomic E-state index is 0.00164. The number of ketones is 1. The van der Waals surface area contributed by atoms with Crippen LogP contribution in [0.1, 0.15) is 71.6 Å². The van der Waals surface area contributed by atoms with E-state index in [0.717, 1.165) is 64.5 Å². The maximum absolute atomic E-state index is 12.7. The average molecular weight is 431 g/mol. The summed E-state index contributed by atoms with van der Waals surface area (Å²) in [6.07, 6.45) is 11.8. The van der Waals surface area contributed by atoms with E-state index < -0.39 is 0 Å². The van der Waals surface area contributed by atoms with Gasteiger partial charge in [-0.25, -0.2) is 0 Å². The number of carbonyl (C=O) groups excluding carboxylic acids is 2. The monoisotopic (exact) mass is 430 g/mol. The van der Waals surface area contributed by atoms with Gasteiger partial charge in [0.05, 0.1) is 12.7 Å². The van der Waals surface area contributed by atoms with Gasteiger partial charge >= 0.3 is 5.97 Å². The summed E-state index contributed by atoms with van der Waals surface area (Å²) in [5, 5.41) is 3.34. The van der Waals surface area contributed by atoms with Crippen molar-refractivity contribution in [3.8, 4) is 0 Å². The molecule has 4 fully saturated rings. The number of Topliss-reactive ketones (excluding diaryl/α,β-unsaturated/α-hetero) is 1. The molecule has 0 aromatic carbocycles. The molecule has 6 nitrogen and oxygen atoms in total. The van der Waals surface area contributed by atoms with Crippen molar-refractivity contribution in [2.24, 2.45) is 34.5 Å². The van der Waals surface area contributed by atoms with Crippen LogP contribution in [0.2, 0.25) is 0 Å². The molecular formula is C25H38N2O4. The van der Waals surface area contributed by atoms with Crippen LogP contribution in [0.25, 0.3) is 0 Å². The van der Waals surface area contributed by atoms with E-state index in [1.807, 2.05) is 0 Å². The van der Waals surface area contributed by atoms with Crippen LogP contribution in [0.15, 0.2) is 11.8 Å². The van der Waals surface area contributed by atoms with Gasteiger partial charge in [-0.2, -0.15) is 0 Å². The van der Waals surface area contributed by atoms with Crippen LogP contribution in [0.3, 0.4) is 0 Å². The van der Waals surface area contributed by atoms with Crippen molar-refractivity contribution in [3.63, 3.8) is 0 Å². The van der Waals surface area contributed by atoms with Gasteiger partial charge in [0.1, 0.15) is 5.78 Å². The van der Waals surface area contributed by atoms with Gasteiger partial charge in [0.2, 0.25) is 0 Å². The van der Waals surface area contributed by atoms with E-state index in [0.29, 0.717) is 36.1 Å². The van der Waals surface area contributed by atoms with Crippen molar-refractivity contribution in [1.82, 2.24) is 10.8 Å². The third kappa shape index (κ3) is 3.64. The van der Waals surface area contributed by atoms with Crippen LogP contribution in [-0.2, 0) is 19.2 Å². The summed E-state index contributed by atoms with van der Waals surface area (Å²) in [6.45, 7) is 6.19. The molecule has 7 unspecified atom stereocenters. The Hall–Kier alpha value is -1.40. The normalized spacial score (nSPS) is 44.1. The third-order valence-electron chi connectivity index (χ3n) is 9.61. The summed E-state index contributed by atoms with van der Waals surface area (Å²) >= 11 is 0. The molecule has 4 aliphatic carbocycles. The molecule has 0 amide bonds. The molecule has 0 bridgehead atoms. The van der Waals surface area contributed by atoms with Crippen molar-refractivity contribution < 1.29 is 19.2 Å². The number of carbonyl (C=O) groups is 2. The molecule has 172 valence electrons. The first-order valence-corrected chi connectivity index (χ1v) is 12.4. The highest BCUT2D eigenvalue weighted by Gasteiger charge is 2.61. The summed E-state index contributed by atoms with van der Waals surface area (Å²) in [7, 11) is 0. The first kappa shape index (κ1) is 21.4. The van der Waals surface area contributed by atoms with E-state index in [2.05, 4.69) is 23.8 Å². The van der Waals surface area contributed by atoms with Gasteiger partial charge in [0.15, 0.2) is 0 Å². The van der Waals surface area contributed by atoms with Crippen molar-refractivity contribution in [3.05, 3.63) is 11.8 Å². The Morgan fingerprint density at radius 3 is 2.81 bits per heavy atom. The maximum atomic E-state index is 12.7. The number of rotatable bonds is 5. The molecule has 7 atom stereocenters. The first-order chi connectivity index (χ1) is 14.9. The summed E-state index contributed by atoms with van der Waals surface area (Å²) in [5.41, 5.74) is 4.34. The van der Waals surface area contributed by atoms with Gasteiger partial charge in [0, 0.05) is 36.4 Å². The highest BCUT2D eigenvalue weighted by molar-refractivity contribution is 5.87. The first-order valence-electron chi connectivity index (χ1n) is 12.4. The van der Waals surface area contributed by atoms with Gasteiger partial charge in [-0.3, -0.25) is 19.9 Å². The zero-order valence-electron chi connectivity index (χ0n) is 19.1. The molecule has 1 aliphatic heterocycles. The number of hydroxylamine groups is 1. The SMILES string of the molecule is CC(=O)OCC12CCC(NOC3CCNC3)=CC1CCC1C3CCC(=O)C3(C)CCC12. The van der Waals surface area contributed by atoms with E-state index >= 15 is 0 Å². The Labute approximate surface area is 185 Å². The van der Waals surface area contributed by atoms with Crippen molar-refractivity contribution in [1.29, 1.82) is 0 Å². The fourth-order valence-corrected chi connectivity index (χ4v) is 7.92. The molecule has 0 radical (unpaired) electrons. The van der Waals surface area contributed by atoms with Crippen LogP contribution >= 0.6 is 0 Å². The second-order valence-electron chi connectivity index (χ2n) is 11.0. The molecule has 5 aliphatic rings. The fourth-order valence-electron chi connectivity index (χ4n) is 7.92. The molecule has 2 N–H and O–H groups in total. The number of hydrogen-bond donors (Lipinski definition) is 2. The molecule has 6 heteroatoms. The quantitative estimate of drug-likeness (QED) is 0.513. The Kier molecular flexibility index (Phi) is 5.66. The number of nitrogens with one attached hydrogen (secondary N) is 2. The zero-order valence-corrected chi connectivity index (χ0v) is 19.1. The van der Waals surface area contributed by atoms with Crippen LogP contribution in [-0.4, -0.2) is 37.6 Å². The second-order valence-corrected chi connectivity index (χ2v) is 11.0. The lowest BCUT2D eigenvalue weighted by atomic mass is 9.45. The molecule has 5 rings (SSSR count). The van der Waals surface area contributed by atoms with Gasteiger partial charge in [-0.05, 0) is 81.6 Å². The second kappa shape index (κ2) is 8.18. The predicted octanol–water partition coefficient (Wildman–Crippen LogP) is 3.52. The molecule has 31 heavy (non-hydrogen) atoms. The van der Waals surface area contributed by atoms with Gasteiger partial charge in [0.25, 0.3) is 0 Å². The Morgan fingerprint density at radius 1 is 1.16 bits per heavy atom. The highest BCUT2D eigenvalue weighted by atomic mass is 16.7. The Bertz CT molecular complexity index is 761. The lowest BCUT2D eigenvalue weighted by Gasteiger charge is -2.59. The van der Waals surface area contributed by atoms with Crippen molar-refractivity contribution in [2.45, 2.75) is 77.7 Å². The minimum Gasteiger partial charge on any atom is -0.465 e. The molecule has 3 saturated carbocycles. The van der Waals surface area contributed by atoms with Crippen molar-refractivity contribution >= 4 is 11.8 Å². The van der Waals surface area contributed by atoms with E-state index in [-0.39, 0.29) is 22.9 Å². The number of fused-ring (bicyclic) bond motifs is 5. The van der Waals surface area contributed by atoms with Gasteiger partial charge in [-0.1, -0.05) is 13.0 Å². The van der Waals surface area contributed by atoms with Crippen LogP contribution in [0, 0.1) is 34.5 Å². The topological polar surface area (TPSA) is 76.7 Å². The van der Waals surface area contributed by atoms with Gasteiger partial charge in [-0.15, -0.1) is 0 Å². The van der Waals surface area contributed by atoms with E-state index in [9.17, 15) is 9.59 Å². The maximum Gasteiger partial charge on any atom is 0.302 e. The Balaban J connectivity index is 1.37. The van der Waals surface area contributed by atoms with Crippen LogP contribution in [0.5, 0.6) is 0 Å². The number of ether oxygens (including phenoxy) is 1. The standard InChI is InChI=1S/C25H38N2O4/c1-16(28)30-15-25-11-7-18(27-31-19-9-12-26-14-19)13-17(25)3-4-20-21-5-6-23(29)24(21,2)10-8-22(20)25/h13,17,19-22,26-27H,3-12,14-15H2,1-2H3. The predicted molar refractivity (Wildman–Crippen MR) is 117 cm³/mol. The van der Waals surface area contributed by atoms with Crippen LogP contribution < -0.4 is 10.8 Å². The lowest BCUT2D eigenvalue weighted by Crippen LogP contribution is -2.55. The Morgan fingerprint density at radius 2 is 2.03 bits per heavy atom. The molecule has 0 spiro atoms. The van der Waals surface area contributed by atoms with E-state index in [1.165, 1.54) is 19.0 Å². The largest absolute Gasteiger partial charge is 0.465 e. The molecular weight excluding hydrogens is 392 g/mol. The minimum atomic E-state index is -0.183. The van der Waals surface area contributed by atoms with Gasteiger partial charge < -0.3 is 10.1 Å². The molecule has 1 saturated heterocycles. The average Bonchev–Trinajstić information content (AvgIpc) is 3.38. The lowest BCUT2D eigenvalue weighted by molar-refractivity contribution is -0.160. The number of allylic oxidation sites excluding steroid dienone is 2. The van der Waals surface area contributed by atoms with E-state index in [1.54, 1.807) is 0 Å². The highest BCUT2D eigenvalue weighted by Crippen LogP contribution is 2.65. The van der Waals surface area contributed by atoms with E-state index in [4.69, 9.17) is 9.57 Å². The third-order valence-corrected chi connectivity index (χ3v) is 9.61. The summed E-state index contributed by atoms with van der Waals surface area (Å²) < 4.78 is 5.73. The summed E-state index contributed by atoms with van der Waals surface area (Å²) in [4.78, 5) is 30.4.